The lowest BCUT2D eigenvalue weighted by atomic mass is 9.92. The van der Waals surface area contributed by atoms with Gasteiger partial charge in [0.1, 0.15) is 0 Å². The van der Waals surface area contributed by atoms with E-state index in [4.69, 9.17) is 0 Å². The number of likely N-dealkylation sites (tertiary alicyclic amines) is 1. The number of piperidine rings is 1. The second-order valence-electron chi connectivity index (χ2n) is 5.82. The highest BCUT2D eigenvalue weighted by Gasteiger charge is 2.22. The molecule has 1 N–H and O–H groups in total. The second kappa shape index (κ2) is 6.35. The topological polar surface area (TPSA) is 15.3 Å². The van der Waals surface area contributed by atoms with E-state index in [2.05, 4.69) is 55.4 Å². The molecule has 1 saturated heterocycles. The van der Waals surface area contributed by atoms with Crippen LogP contribution in [0.25, 0.3) is 0 Å². The molecule has 1 heterocycles. The Kier molecular flexibility index (Phi) is 4.79. The van der Waals surface area contributed by atoms with Gasteiger partial charge in [-0.2, -0.15) is 0 Å². The van der Waals surface area contributed by atoms with Gasteiger partial charge < -0.3 is 10.2 Å². The molecule has 1 fully saturated rings. The van der Waals surface area contributed by atoms with Gasteiger partial charge in [-0.25, -0.2) is 0 Å². The zero-order chi connectivity index (χ0) is 13.0. The summed E-state index contributed by atoms with van der Waals surface area (Å²) in [5.74, 6) is 0.800. The van der Waals surface area contributed by atoms with E-state index in [1.54, 1.807) is 0 Å². The van der Waals surface area contributed by atoms with Gasteiger partial charge in [-0.3, -0.25) is 0 Å². The molecule has 0 amide bonds. The lowest BCUT2D eigenvalue weighted by Gasteiger charge is -2.34. The minimum Gasteiger partial charge on any atom is -0.310 e. The Bertz CT molecular complexity index is 375. The molecule has 1 aliphatic rings. The first-order valence-corrected chi connectivity index (χ1v) is 7.12. The van der Waals surface area contributed by atoms with Crippen LogP contribution in [0.1, 0.15) is 30.9 Å². The number of aryl methyl sites for hydroxylation is 1. The van der Waals surface area contributed by atoms with Gasteiger partial charge in [0.2, 0.25) is 0 Å². The van der Waals surface area contributed by atoms with Crippen molar-refractivity contribution in [3.05, 3.63) is 35.4 Å². The number of nitrogens with one attached hydrogen (secondary N) is 1. The molecule has 1 aliphatic heterocycles. The van der Waals surface area contributed by atoms with Gasteiger partial charge in [0, 0.05) is 19.1 Å². The van der Waals surface area contributed by atoms with Crippen molar-refractivity contribution in [3.63, 3.8) is 0 Å². The molecular formula is C16H26N2. The molecule has 0 aliphatic carbocycles. The lowest BCUT2D eigenvalue weighted by Crippen LogP contribution is -2.42. The zero-order valence-corrected chi connectivity index (χ0v) is 11.9. The molecule has 2 unspecified atom stereocenters. The van der Waals surface area contributed by atoms with Crippen LogP contribution in [0.4, 0.5) is 0 Å². The van der Waals surface area contributed by atoms with Crippen molar-refractivity contribution in [1.29, 1.82) is 0 Å². The average molecular weight is 246 g/mol. The van der Waals surface area contributed by atoms with Crippen LogP contribution in [0.3, 0.4) is 0 Å². The maximum atomic E-state index is 3.69. The first kappa shape index (κ1) is 13.6. The third-order valence-electron chi connectivity index (χ3n) is 4.08. The van der Waals surface area contributed by atoms with E-state index in [0.717, 1.165) is 12.5 Å². The average Bonchev–Trinajstić information content (AvgIpc) is 2.36. The Morgan fingerprint density at radius 3 is 3.00 bits per heavy atom. The fourth-order valence-electron chi connectivity index (χ4n) is 2.88. The Hall–Kier alpha value is -0.860. The third kappa shape index (κ3) is 3.82. The van der Waals surface area contributed by atoms with Crippen LogP contribution in [0.5, 0.6) is 0 Å². The number of rotatable bonds is 4. The summed E-state index contributed by atoms with van der Waals surface area (Å²) in [6.07, 6.45) is 2.71. The molecule has 1 aromatic rings. The van der Waals surface area contributed by atoms with Gasteiger partial charge >= 0.3 is 0 Å². The second-order valence-corrected chi connectivity index (χ2v) is 5.82. The van der Waals surface area contributed by atoms with Gasteiger partial charge in [-0.15, -0.1) is 0 Å². The van der Waals surface area contributed by atoms with Crippen molar-refractivity contribution in [1.82, 2.24) is 10.2 Å². The van der Waals surface area contributed by atoms with E-state index in [9.17, 15) is 0 Å². The van der Waals surface area contributed by atoms with E-state index in [0.29, 0.717) is 6.04 Å². The monoisotopic (exact) mass is 246 g/mol. The van der Waals surface area contributed by atoms with Gasteiger partial charge in [0.25, 0.3) is 0 Å². The molecule has 2 nitrogen and oxygen atoms in total. The summed E-state index contributed by atoms with van der Waals surface area (Å²) >= 11 is 0. The molecule has 18 heavy (non-hydrogen) atoms. The number of nitrogens with zero attached hydrogens (tertiary/aromatic N) is 1. The van der Waals surface area contributed by atoms with E-state index in [1.165, 1.54) is 37.1 Å². The maximum Gasteiger partial charge on any atom is 0.0208 e. The molecule has 100 valence electrons. The summed E-state index contributed by atoms with van der Waals surface area (Å²) in [6.45, 7) is 7.98. The van der Waals surface area contributed by atoms with Crippen LogP contribution in [0.15, 0.2) is 24.3 Å². The molecule has 1 aromatic carbocycles. The summed E-state index contributed by atoms with van der Waals surface area (Å²) in [4.78, 5) is 2.46. The highest BCUT2D eigenvalue weighted by atomic mass is 15.1. The minimum absolute atomic E-state index is 0.605. The summed E-state index contributed by atoms with van der Waals surface area (Å²) in [5, 5.41) is 3.69. The Morgan fingerprint density at radius 1 is 1.44 bits per heavy atom. The molecule has 0 spiro atoms. The summed E-state index contributed by atoms with van der Waals surface area (Å²) in [7, 11) is 2.24. The molecule has 2 atom stereocenters. The van der Waals surface area contributed by atoms with Gasteiger partial charge in [-0.05, 0) is 51.8 Å². The van der Waals surface area contributed by atoms with Crippen LogP contribution in [-0.4, -0.2) is 31.1 Å². The first-order valence-electron chi connectivity index (χ1n) is 7.12. The quantitative estimate of drug-likeness (QED) is 0.879. The summed E-state index contributed by atoms with van der Waals surface area (Å²) < 4.78 is 0. The van der Waals surface area contributed by atoms with Crippen LogP contribution in [0, 0.1) is 12.8 Å². The number of benzene rings is 1. The van der Waals surface area contributed by atoms with Crippen LogP contribution >= 0.6 is 0 Å². The maximum absolute atomic E-state index is 3.69. The number of hydrogen-bond acceptors (Lipinski definition) is 2. The Morgan fingerprint density at radius 2 is 2.28 bits per heavy atom. The fraction of sp³-hybridized carbons (Fsp3) is 0.625. The van der Waals surface area contributed by atoms with Gasteiger partial charge in [0.05, 0.1) is 0 Å². The molecule has 2 heteroatoms. The molecular weight excluding hydrogens is 220 g/mol. The SMILES string of the molecule is Cc1cccc(CNC(C)C2CCCN(C)C2)c1. The van der Waals surface area contributed by atoms with Crippen molar-refractivity contribution < 1.29 is 0 Å². The van der Waals surface area contributed by atoms with Crippen molar-refractivity contribution >= 4 is 0 Å². The number of hydrogen-bond donors (Lipinski definition) is 1. The Labute approximate surface area is 111 Å². The van der Waals surface area contributed by atoms with Crippen LogP contribution in [0.2, 0.25) is 0 Å². The van der Waals surface area contributed by atoms with Crippen molar-refractivity contribution in [2.45, 2.75) is 39.3 Å². The molecule has 0 radical (unpaired) electrons. The largest absolute Gasteiger partial charge is 0.310 e. The smallest absolute Gasteiger partial charge is 0.0208 e. The van der Waals surface area contributed by atoms with Crippen molar-refractivity contribution in [2.24, 2.45) is 5.92 Å². The molecule has 2 rings (SSSR count). The van der Waals surface area contributed by atoms with Crippen molar-refractivity contribution in [3.8, 4) is 0 Å². The lowest BCUT2D eigenvalue weighted by molar-refractivity contribution is 0.178. The normalized spacial score (nSPS) is 22.9. The Balaban J connectivity index is 1.82. The minimum atomic E-state index is 0.605. The predicted molar refractivity (Wildman–Crippen MR) is 77.7 cm³/mol. The predicted octanol–water partition coefficient (Wildman–Crippen LogP) is 2.81. The van der Waals surface area contributed by atoms with E-state index in [-0.39, 0.29) is 0 Å². The van der Waals surface area contributed by atoms with E-state index >= 15 is 0 Å². The molecule has 0 bridgehead atoms. The van der Waals surface area contributed by atoms with Crippen LogP contribution in [-0.2, 0) is 6.54 Å². The van der Waals surface area contributed by atoms with Crippen molar-refractivity contribution in [2.75, 3.05) is 20.1 Å². The molecule has 0 aromatic heterocycles. The first-order chi connectivity index (χ1) is 8.65. The van der Waals surface area contributed by atoms with E-state index in [1.807, 2.05) is 0 Å². The summed E-state index contributed by atoms with van der Waals surface area (Å²) in [5.41, 5.74) is 2.74. The van der Waals surface area contributed by atoms with Crippen LogP contribution < -0.4 is 5.32 Å². The van der Waals surface area contributed by atoms with Gasteiger partial charge in [0.15, 0.2) is 0 Å². The highest BCUT2D eigenvalue weighted by Crippen LogP contribution is 2.18. The zero-order valence-electron chi connectivity index (χ0n) is 11.9. The van der Waals surface area contributed by atoms with E-state index < -0.39 is 0 Å². The fourth-order valence-corrected chi connectivity index (χ4v) is 2.88. The highest BCUT2D eigenvalue weighted by molar-refractivity contribution is 5.22. The van der Waals surface area contributed by atoms with Gasteiger partial charge in [-0.1, -0.05) is 29.8 Å². The third-order valence-corrected chi connectivity index (χ3v) is 4.08. The standard InChI is InChI=1S/C16H26N2/c1-13-6-4-7-15(10-13)11-17-14(2)16-8-5-9-18(3)12-16/h4,6-7,10,14,16-17H,5,8-9,11-12H2,1-3H3. The summed E-state index contributed by atoms with van der Waals surface area (Å²) in [6, 6.07) is 9.38. The molecule has 0 saturated carbocycles.